The Hall–Kier alpha value is -1.95. The normalized spacial score (nSPS) is 24.5. The van der Waals surface area contributed by atoms with Crippen LogP contribution in [0.4, 0.5) is 4.39 Å². The van der Waals surface area contributed by atoms with Crippen molar-refractivity contribution in [3.05, 3.63) is 70.5 Å². The van der Waals surface area contributed by atoms with Crippen LogP contribution in [0.3, 0.4) is 0 Å². The summed E-state index contributed by atoms with van der Waals surface area (Å²) < 4.78 is 19.0. The van der Waals surface area contributed by atoms with Crippen LogP contribution in [0.15, 0.2) is 48.5 Å². The van der Waals surface area contributed by atoms with Gasteiger partial charge < -0.3 is 9.64 Å². The summed E-state index contributed by atoms with van der Waals surface area (Å²) in [6.45, 7) is 3.40. The van der Waals surface area contributed by atoms with Crippen molar-refractivity contribution in [2.75, 3.05) is 33.4 Å². The zero-order valence-electron chi connectivity index (χ0n) is 15.9. The van der Waals surface area contributed by atoms with Gasteiger partial charge in [-0.2, -0.15) is 0 Å². The van der Waals surface area contributed by atoms with Crippen molar-refractivity contribution >= 4 is 17.5 Å². The van der Waals surface area contributed by atoms with E-state index < -0.39 is 0 Å². The van der Waals surface area contributed by atoms with Crippen LogP contribution in [0.1, 0.15) is 17.2 Å². The number of carbonyl (C=O) groups is 1. The lowest BCUT2D eigenvalue weighted by atomic mass is 9.89. The Morgan fingerprint density at radius 1 is 1.18 bits per heavy atom. The average molecular weight is 403 g/mol. The van der Waals surface area contributed by atoms with E-state index in [1.807, 2.05) is 23.1 Å². The number of nitrogens with zero attached hydrogens (tertiary/aromatic N) is 2. The number of ether oxygens (including phenoxy) is 1. The van der Waals surface area contributed by atoms with Gasteiger partial charge in [-0.1, -0.05) is 35.9 Å². The zero-order valence-corrected chi connectivity index (χ0v) is 16.6. The number of hydrogen-bond acceptors (Lipinski definition) is 3. The highest BCUT2D eigenvalue weighted by molar-refractivity contribution is 6.30. The molecular formula is C22H24ClFN2O2. The molecule has 2 aromatic carbocycles. The summed E-state index contributed by atoms with van der Waals surface area (Å²) in [6, 6.07) is 14.5. The van der Waals surface area contributed by atoms with Gasteiger partial charge in [0.15, 0.2) is 0 Å². The second-order valence-corrected chi connectivity index (χ2v) is 8.16. The van der Waals surface area contributed by atoms with E-state index in [0.29, 0.717) is 12.5 Å². The van der Waals surface area contributed by atoms with Crippen molar-refractivity contribution in [1.82, 2.24) is 9.80 Å². The highest BCUT2D eigenvalue weighted by atomic mass is 35.5. The molecule has 0 aliphatic carbocycles. The quantitative estimate of drug-likeness (QED) is 0.763. The molecule has 0 radical (unpaired) electrons. The summed E-state index contributed by atoms with van der Waals surface area (Å²) in [5, 5.41) is 0.737. The maximum absolute atomic E-state index is 13.9. The Morgan fingerprint density at radius 3 is 2.68 bits per heavy atom. The van der Waals surface area contributed by atoms with Gasteiger partial charge in [0, 0.05) is 44.2 Å². The van der Waals surface area contributed by atoms with E-state index >= 15 is 0 Å². The number of benzene rings is 2. The fraction of sp³-hybridized carbons (Fsp3) is 0.409. The van der Waals surface area contributed by atoms with E-state index in [-0.39, 0.29) is 30.3 Å². The van der Waals surface area contributed by atoms with E-state index in [2.05, 4.69) is 17.0 Å². The molecule has 2 aliphatic heterocycles. The molecule has 0 aromatic heterocycles. The van der Waals surface area contributed by atoms with Crippen LogP contribution in [0.5, 0.6) is 0 Å². The Labute approximate surface area is 169 Å². The lowest BCUT2D eigenvalue weighted by Crippen LogP contribution is -2.37. The predicted octanol–water partition coefficient (Wildman–Crippen LogP) is 3.76. The minimum atomic E-state index is -0.267. The third-order valence-electron chi connectivity index (χ3n) is 5.84. The van der Waals surface area contributed by atoms with Gasteiger partial charge in [-0.3, -0.25) is 9.69 Å². The third-order valence-corrected chi connectivity index (χ3v) is 6.09. The fourth-order valence-electron chi connectivity index (χ4n) is 4.70. The molecule has 2 fully saturated rings. The lowest BCUT2D eigenvalue weighted by molar-refractivity contribution is -0.136. The Morgan fingerprint density at radius 2 is 1.96 bits per heavy atom. The number of amides is 1. The molecule has 2 saturated heterocycles. The molecule has 2 aromatic rings. The van der Waals surface area contributed by atoms with Crippen molar-refractivity contribution in [1.29, 1.82) is 0 Å². The molecule has 0 N–H and O–H groups in total. The summed E-state index contributed by atoms with van der Waals surface area (Å²) in [6.07, 6.45) is 0. The van der Waals surface area contributed by atoms with Gasteiger partial charge in [-0.15, -0.1) is 0 Å². The smallest absolute Gasteiger partial charge is 0.249 e. The number of rotatable bonds is 5. The van der Waals surface area contributed by atoms with Crippen LogP contribution in [0, 0.1) is 17.7 Å². The van der Waals surface area contributed by atoms with E-state index in [4.69, 9.17) is 16.3 Å². The Kier molecular flexibility index (Phi) is 5.67. The number of carbonyl (C=O) groups excluding carboxylic acids is 1. The summed E-state index contributed by atoms with van der Waals surface area (Å²) in [4.78, 5) is 16.9. The maximum Gasteiger partial charge on any atom is 0.249 e. The molecule has 3 atom stereocenters. The molecule has 6 heteroatoms. The Balaban J connectivity index is 1.54. The molecule has 28 heavy (non-hydrogen) atoms. The molecule has 4 rings (SSSR count). The van der Waals surface area contributed by atoms with Crippen LogP contribution < -0.4 is 0 Å². The van der Waals surface area contributed by atoms with Crippen LogP contribution >= 0.6 is 11.6 Å². The highest BCUT2D eigenvalue weighted by Crippen LogP contribution is 2.45. The SMILES string of the molecule is COCC(=O)N1C[C@H]2CN(Cc3ccc(Cl)cc3)C[C@H]2[C@@H]1c1cccc(F)c1. The van der Waals surface area contributed by atoms with Crippen LogP contribution in [0.2, 0.25) is 5.02 Å². The van der Waals surface area contributed by atoms with Gasteiger partial charge in [-0.25, -0.2) is 4.39 Å². The van der Waals surface area contributed by atoms with Crippen molar-refractivity contribution in [3.8, 4) is 0 Å². The summed E-state index contributed by atoms with van der Waals surface area (Å²) in [5.74, 6) is 0.364. The molecule has 0 saturated carbocycles. The minimum absolute atomic E-state index is 0.0320. The first-order valence-electron chi connectivity index (χ1n) is 9.56. The molecule has 0 bridgehead atoms. The number of fused-ring (bicyclic) bond motifs is 1. The number of likely N-dealkylation sites (tertiary alicyclic amines) is 2. The minimum Gasteiger partial charge on any atom is -0.375 e. The number of hydrogen-bond donors (Lipinski definition) is 0. The van der Waals surface area contributed by atoms with Gasteiger partial charge in [0.2, 0.25) is 5.91 Å². The largest absolute Gasteiger partial charge is 0.375 e. The average Bonchev–Trinajstić information content (AvgIpc) is 3.21. The van der Waals surface area contributed by atoms with Crippen molar-refractivity contribution in [2.45, 2.75) is 12.6 Å². The van der Waals surface area contributed by atoms with E-state index in [1.54, 1.807) is 12.1 Å². The van der Waals surface area contributed by atoms with Gasteiger partial charge in [-0.05, 0) is 41.3 Å². The molecule has 2 heterocycles. The second-order valence-electron chi connectivity index (χ2n) is 7.72. The maximum atomic E-state index is 13.9. The third kappa shape index (κ3) is 3.93. The van der Waals surface area contributed by atoms with Crippen molar-refractivity contribution in [2.24, 2.45) is 11.8 Å². The summed E-state index contributed by atoms with van der Waals surface area (Å²) in [5.41, 5.74) is 2.09. The fourth-order valence-corrected chi connectivity index (χ4v) is 4.82. The Bertz CT molecular complexity index is 845. The number of methoxy groups -OCH3 is 1. The van der Waals surface area contributed by atoms with Gasteiger partial charge in [0.25, 0.3) is 0 Å². The van der Waals surface area contributed by atoms with Crippen molar-refractivity contribution in [3.63, 3.8) is 0 Å². The molecule has 1 amide bonds. The molecule has 4 nitrogen and oxygen atoms in total. The topological polar surface area (TPSA) is 32.8 Å². The first-order chi connectivity index (χ1) is 13.5. The second kappa shape index (κ2) is 8.19. The molecule has 148 valence electrons. The van der Waals surface area contributed by atoms with Gasteiger partial charge >= 0.3 is 0 Å². The van der Waals surface area contributed by atoms with Crippen LogP contribution in [0.25, 0.3) is 0 Å². The van der Waals surface area contributed by atoms with E-state index in [1.165, 1.54) is 18.7 Å². The number of halogens is 2. The van der Waals surface area contributed by atoms with E-state index in [9.17, 15) is 9.18 Å². The van der Waals surface area contributed by atoms with Crippen LogP contribution in [-0.4, -0.2) is 49.1 Å². The standard InChI is InChI=1S/C22H24ClFN2O2/c1-28-14-21(27)26-12-17-11-25(10-15-5-7-18(23)8-6-15)13-20(17)22(26)16-3-2-4-19(24)9-16/h2-9,17,20,22H,10-14H2,1H3/t17-,20-,22+/m1/s1. The zero-order chi connectivity index (χ0) is 19.7. The van der Waals surface area contributed by atoms with Gasteiger partial charge in [0.1, 0.15) is 12.4 Å². The lowest BCUT2D eigenvalue weighted by Gasteiger charge is -2.30. The molecular weight excluding hydrogens is 379 g/mol. The van der Waals surface area contributed by atoms with Crippen LogP contribution in [-0.2, 0) is 16.1 Å². The summed E-state index contributed by atoms with van der Waals surface area (Å²) in [7, 11) is 1.53. The van der Waals surface area contributed by atoms with Crippen molar-refractivity contribution < 1.29 is 13.9 Å². The molecule has 2 aliphatic rings. The molecule has 0 unspecified atom stereocenters. The predicted molar refractivity (Wildman–Crippen MR) is 106 cm³/mol. The first kappa shape index (κ1) is 19.4. The highest BCUT2D eigenvalue weighted by Gasteiger charge is 2.48. The van der Waals surface area contributed by atoms with Gasteiger partial charge in [0.05, 0.1) is 6.04 Å². The molecule has 0 spiro atoms. The summed E-state index contributed by atoms with van der Waals surface area (Å²) >= 11 is 5.99. The monoisotopic (exact) mass is 402 g/mol. The van der Waals surface area contributed by atoms with E-state index in [0.717, 1.165) is 30.2 Å². The first-order valence-corrected chi connectivity index (χ1v) is 9.93.